The Labute approximate surface area is 125 Å². The van der Waals surface area contributed by atoms with Crippen LogP contribution >= 0.6 is 0 Å². The molecule has 2 aromatic rings. The fraction of sp³-hybridized carbons (Fsp3) is 0.412. The summed E-state index contributed by atoms with van der Waals surface area (Å²) in [6.45, 7) is 4.75. The number of ether oxygens (including phenoxy) is 1. The minimum Gasteiger partial charge on any atom is -0.497 e. The lowest BCUT2D eigenvalue weighted by atomic mass is 9.94. The van der Waals surface area contributed by atoms with Crippen LogP contribution in [0.25, 0.3) is 0 Å². The lowest BCUT2D eigenvalue weighted by Gasteiger charge is -2.23. The van der Waals surface area contributed by atoms with Gasteiger partial charge in [0.15, 0.2) is 0 Å². The molecule has 2 rings (SSSR count). The first-order valence-corrected chi connectivity index (χ1v) is 7.20. The van der Waals surface area contributed by atoms with Crippen LogP contribution in [0.3, 0.4) is 0 Å². The van der Waals surface area contributed by atoms with Crippen LogP contribution in [-0.4, -0.2) is 24.8 Å². The van der Waals surface area contributed by atoms with E-state index in [-0.39, 0.29) is 6.04 Å². The quantitative estimate of drug-likeness (QED) is 0.822. The monoisotopic (exact) mass is 289 g/mol. The Balaban J connectivity index is 1.88. The zero-order chi connectivity index (χ0) is 15.2. The highest BCUT2D eigenvalue weighted by Gasteiger charge is 2.17. The molecule has 21 heavy (non-hydrogen) atoms. The summed E-state index contributed by atoms with van der Waals surface area (Å²) in [4.78, 5) is 0. The third-order valence-corrected chi connectivity index (χ3v) is 3.90. The normalized spacial score (nSPS) is 15.4. The Bertz CT molecular complexity index is 521. The molecule has 0 fully saturated rings. The molecule has 114 valence electrons. The van der Waals surface area contributed by atoms with Gasteiger partial charge in [0.2, 0.25) is 0 Å². The van der Waals surface area contributed by atoms with Gasteiger partial charge in [0.25, 0.3) is 0 Å². The fourth-order valence-electron chi connectivity index (χ4n) is 2.25. The molecule has 4 nitrogen and oxygen atoms in total. The van der Waals surface area contributed by atoms with Gasteiger partial charge in [0.1, 0.15) is 17.6 Å². The lowest BCUT2D eigenvalue weighted by Crippen LogP contribution is -2.34. The van der Waals surface area contributed by atoms with Crippen molar-refractivity contribution in [3.63, 3.8) is 0 Å². The molecule has 3 atom stereocenters. The maximum atomic E-state index is 10.0. The van der Waals surface area contributed by atoms with Crippen molar-refractivity contribution in [2.24, 2.45) is 0 Å². The van der Waals surface area contributed by atoms with E-state index in [0.717, 1.165) is 5.75 Å². The molecule has 0 bridgehead atoms. The number of furan rings is 1. The van der Waals surface area contributed by atoms with Crippen LogP contribution in [0.5, 0.6) is 5.75 Å². The third-order valence-electron chi connectivity index (χ3n) is 3.90. The Morgan fingerprint density at radius 3 is 2.48 bits per heavy atom. The first-order chi connectivity index (χ1) is 10.1. The van der Waals surface area contributed by atoms with Gasteiger partial charge in [0.05, 0.1) is 13.4 Å². The maximum Gasteiger partial charge on any atom is 0.133 e. The standard InChI is InChI=1S/C17H23NO3/c1-12(14-6-8-15(20-3)9-7-14)13(2)18-11-16(19)17-5-4-10-21-17/h4-10,12-13,16,18-19H,11H2,1-3H3. The van der Waals surface area contributed by atoms with Crippen molar-refractivity contribution < 1.29 is 14.3 Å². The number of hydrogen-bond acceptors (Lipinski definition) is 4. The Morgan fingerprint density at radius 2 is 1.90 bits per heavy atom. The summed E-state index contributed by atoms with van der Waals surface area (Å²) < 4.78 is 10.4. The van der Waals surface area contributed by atoms with E-state index in [9.17, 15) is 5.11 Å². The van der Waals surface area contributed by atoms with Gasteiger partial charge in [-0.3, -0.25) is 0 Å². The Hall–Kier alpha value is -1.78. The maximum absolute atomic E-state index is 10.0. The zero-order valence-electron chi connectivity index (χ0n) is 12.7. The first-order valence-electron chi connectivity index (χ1n) is 7.20. The second kappa shape index (κ2) is 7.29. The SMILES string of the molecule is COc1ccc(C(C)C(C)NCC(O)c2ccco2)cc1. The molecule has 1 aromatic heterocycles. The smallest absolute Gasteiger partial charge is 0.133 e. The van der Waals surface area contributed by atoms with E-state index < -0.39 is 6.10 Å². The van der Waals surface area contributed by atoms with Gasteiger partial charge in [-0.25, -0.2) is 0 Å². The number of aliphatic hydroxyl groups excluding tert-OH is 1. The number of benzene rings is 1. The molecule has 1 aromatic carbocycles. The summed E-state index contributed by atoms with van der Waals surface area (Å²) in [5, 5.41) is 13.4. The second-order valence-corrected chi connectivity index (χ2v) is 5.29. The molecule has 0 amide bonds. The highest BCUT2D eigenvalue weighted by Crippen LogP contribution is 2.22. The number of rotatable bonds is 7. The van der Waals surface area contributed by atoms with Crippen molar-refractivity contribution in [3.8, 4) is 5.75 Å². The van der Waals surface area contributed by atoms with E-state index >= 15 is 0 Å². The Morgan fingerprint density at radius 1 is 1.19 bits per heavy atom. The molecule has 0 aliphatic carbocycles. The van der Waals surface area contributed by atoms with Crippen molar-refractivity contribution in [3.05, 3.63) is 54.0 Å². The fourth-order valence-corrected chi connectivity index (χ4v) is 2.25. The second-order valence-electron chi connectivity index (χ2n) is 5.29. The van der Waals surface area contributed by atoms with Gasteiger partial charge < -0.3 is 19.6 Å². The average molecular weight is 289 g/mol. The topological polar surface area (TPSA) is 54.6 Å². The van der Waals surface area contributed by atoms with E-state index in [1.165, 1.54) is 5.56 Å². The van der Waals surface area contributed by atoms with Crippen LogP contribution in [0.2, 0.25) is 0 Å². The largest absolute Gasteiger partial charge is 0.497 e. The van der Waals surface area contributed by atoms with Gasteiger partial charge in [-0.15, -0.1) is 0 Å². The van der Waals surface area contributed by atoms with Crippen LogP contribution < -0.4 is 10.1 Å². The van der Waals surface area contributed by atoms with E-state index in [2.05, 4.69) is 31.3 Å². The summed E-state index contributed by atoms with van der Waals surface area (Å²) in [5.41, 5.74) is 1.24. The summed E-state index contributed by atoms with van der Waals surface area (Å²) in [6.07, 6.45) is 0.951. The number of methoxy groups -OCH3 is 1. The summed E-state index contributed by atoms with van der Waals surface area (Å²) >= 11 is 0. The van der Waals surface area contributed by atoms with Crippen LogP contribution in [0.1, 0.15) is 37.2 Å². The van der Waals surface area contributed by atoms with Crippen molar-refractivity contribution >= 4 is 0 Å². The van der Waals surface area contributed by atoms with Gasteiger partial charge >= 0.3 is 0 Å². The molecule has 0 aliphatic rings. The molecule has 0 saturated carbocycles. The van der Waals surface area contributed by atoms with E-state index in [0.29, 0.717) is 18.2 Å². The van der Waals surface area contributed by atoms with Crippen molar-refractivity contribution in [2.45, 2.75) is 31.9 Å². The predicted molar refractivity (Wildman–Crippen MR) is 82.5 cm³/mol. The van der Waals surface area contributed by atoms with Gasteiger partial charge in [0, 0.05) is 12.6 Å². The Kier molecular flexibility index (Phi) is 5.42. The average Bonchev–Trinajstić information content (AvgIpc) is 3.06. The molecule has 0 spiro atoms. The summed E-state index contributed by atoms with van der Waals surface area (Å²) in [5.74, 6) is 1.78. The van der Waals surface area contributed by atoms with Crippen molar-refractivity contribution in [1.82, 2.24) is 5.32 Å². The minimum absolute atomic E-state index is 0.239. The predicted octanol–water partition coefficient (Wildman–Crippen LogP) is 3.10. The van der Waals surface area contributed by atoms with Crippen LogP contribution in [0.15, 0.2) is 47.1 Å². The van der Waals surface area contributed by atoms with Gasteiger partial charge in [-0.05, 0) is 42.7 Å². The minimum atomic E-state index is -0.620. The zero-order valence-corrected chi connectivity index (χ0v) is 12.7. The molecule has 3 unspecified atom stereocenters. The molecule has 2 N–H and O–H groups in total. The molecular weight excluding hydrogens is 266 g/mol. The molecule has 1 heterocycles. The summed E-state index contributed by atoms with van der Waals surface area (Å²) in [6, 6.07) is 11.9. The number of nitrogens with one attached hydrogen (secondary N) is 1. The highest BCUT2D eigenvalue weighted by molar-refractivity contribution is 5.29. The van der Waals surface area contributed by atoms with Crippen molar-refractivity contribution in [2.75, 3.05) is 13.7 Å². The molecule has 0 saturated heterocycles. The number of aliphatic hydroxyl groups is 1. The van der Waals surface area contributed by atoms with E-state index in [4.69, 9.17) is 9.15 Å². The molecule has 0 aliphatic heterocycles. The number of hydrogen-bond donors (Lipinski definition) is 2. The van der Waals surface area contributed by atoms with Gasteiger partial charge in [-0.2, -0.15) is 0 Å². The van der Waals surface area contributed by atoms with Crippen LogP contribution in [0.4, 0.5) is 0 Å². The highest BCUT2D eigenvalue weighted by atomic mass is 16.5. The van der Waals surface area contributed by atoms with Gasteiger partial charge in [-0.1, -0.05) is 19.1 Å². The first kappa shape index (κ1) is 15.6. The molecular formula is C17H23NO3. The van der Waals surface area contributed by atoms with E-state index in [1.54, 1.807) is 25.5 Å². The molecule has 0 radical (unpaired) electrons. The molecule has 4 heteroatoms. The van der Waals surface area contributed by atoms with Crippen LogP contribution in [-0.2, 0) is 0 Å². The van der Waals surface area contributed by atoms with E-state index in [1.807, 2.05) is 12.1 Å². The van der Waals surface area contributed by atoms with Crippen molar-refractivity contribution in [1.29, 1.82) is 0 Å². The lowest BCUT2D eigenvalue weighted by molar-refractivity contribution is 0.143. The third kappa shape index (κ3) is 4.09. The summed E-state index contributed by atoms with van der Waals surface area (Å²) in [7, 11) is 1.67. The van der Waals surface area contributed by atoms with Crippen LogP contribution in [0, 0.1) is 0 Å².